The van der Waals surface area contributed by atoms with Gasteiger partial charge in [0.15, 0.2) is 0 Å². The molecule has 6 heteroatoms. The van der Waals surface area contributed by atoms with Crippen molar-refractivity contribution in [3.05, 3.63) is 64.6 Å². The second-order valence-corrected chi connectivity index (χ2v) is 4.36. The predicted octanol–water partition coefficient (Wildman–Crippen LogP) is 1.59. The van der Waals surface area contributed by atoms with Gasteiger partial charge in [-0.2, -0.15) is 0 Å². The SMILES string of the molecule is O=C(Nc1ccc(=O)n(CCO)c1)OCc1ccccc1. The van der Waals surface area contributed by atoms with Crippen molar-refractivity contribution in [1.29, 1.82) is 0 Å². The summed E-state index contributed by atoms with van der Waals surface area (Å²) in [5, 5.41) is 11.4. The Morgan fingerprint density at radius 1 is 1.19 bits per heavy atom. The third-order valence-electron chi connectivity index (χ3n) is 2.78. The minimum atomic E-state index is -0.604. The van der Waals surface area contributed by atoms with Gasteiger partial charge >= 0.3 is 6.09 Å². The van der Waals surface area contributed by atoms with Crippen LogP contribution in [0.2, 0.25) is 0 Å². The molecule has 0 aliphatic carbocycles. The molecular weight excluding hydrogens is 272 g/mol. The zero-order valence-electron chi connectivity index (χ0n) is 11.4. The average Bonchev–Trinajstić information content (AvgIpc) is 2.50. The number of nitrogens with one attached hydrogen (secondary N) is 1. The van der Waals surface area contributed by atoms with E-state index < -0.39 is 6.09 Å². The second-order valence-electron chi connectivity index (χ2n) is 4.36. The Balaban J connectivity index is 1.93. The molecule has 0 spiro atoms. The van der Waals surface area contributed by atoms with Gasteiger partial charge in [0.1, 0.15) is 6.61 Å². The Kier molecular flexibility index (Phi) is 5.11. The lowest BCUT2D eigenvalue weighted by Gasteiger charge is -2.09. The number of hydrogen-bond donors (Lipinski definition) is 2. The first-order valence-corrected chi connectivity index (χ1v) is 6.48. The molecule has 1 amide bonds. The lowest BCUT2D eigenvalue weighted by atomic mass is 10.2. The Labute approximate surface area is 121 Å². The fourth-order valence-corrected chi connectivity index (χ4v) is 1.76. The molecule has 6 nitrogen and oxygen atoms in total. The second kappa shape index (κ2) is 7.25. The molecule has 1 aromatic heterocycles. The van der Waals surface area contributed by atoms with Crippen LogP contribution in [0.15, 0.2) is 53.5 Å². The number of carbonyl (C=O) groups is 1. The summed E-state index contributed by atoms with van der Waals surface area (Å²) in [5.74, 6) is 0. The van der Waals surface area contributed by atoms with Crippen molar-refractivity contribution < 1.29 is 14.6 Å². The van der Waals surface area contributed by atoms with Gasteiger partial charge in [-0.05, 0) is 11.6 Å². The number of anilines is 1. The number of ether oxygens (including phenoxy) is 1. The molecule has 0 saturated heterocycles. The summed E-state index contributed by atoms with van der Waals surface area (Å²) in [7, 11) is 0. The molecule has 2 aromatic rings. The highest BCUT2D eigenvalue weighted by Crippen LogP contribution is 2.06. The van der Waals surface area contributed by atoms with Gasteiger partial charge in [0.25, 0.3) is 5.56 Å². The average molecular weight is 288 g/mol. The van der Waals surface area contributed by atoms with Gasteiger partial charge in [-0.3, -0.25) is 10.1 Å². The number of benzene rings is 1. The van der Waals surface area contributed by atoms with E-state index in [1.807, 2.05) is 30.3 Å². The van der Waals surface area contributed by atoms with Crippen LogP contribution in [0, 0.1) is 0 Å². The minimum Gasteiger partial charge on any atom is -0.444 e. The maximum absolute atomic E-state index is 11.7. The van der Waals surface area contributed by atoms with Crippen LogP contribution in [0.1, 0.15) is 5.56 Å². The summed E-state index contributed by atoms with van der Waals surface area (Å²) in [6, 6.07) is 12.1. The summed E-state index contributed by atoms with van der Waals surface area (Å²) >= 11 is 0. The number of aromatic nitrogens is 1. The highest BCUT2D eigenvalue weighted by Gasteiger charge is 2.05. The van der Waals surface area contributed by atoms with Crippen molar-refractivity contribution in [2.45, 2.75) is 13.2 Å². The summed E-state index contributed by atoms with van der Waals surface area (Å²) in [6.07, 6.45) is 0.857. The van der Waals surface area contributed by atoms with Crippen LogP contribution < -0.4 is 10.9 Å². The number of pyridine rings is 1. The van der Waals surface area contributed by atoms with Gasteiger partial charge < -0.3 is 14.4 Å². The number of nitrogens with zero attached hydrogens (tertiary/aromatic N) is 1. The molecule has 2 rings (SSSR count). The van der Waals surface area contributed by atoms with Gasteiger partial charge in [0.2, 0.25) is 0 Å². The standard InChI is InChI=1S/C15H16N2O4/c18-9-8-17-10-13(6-7-14(17)19)16-15(20)21-11-12-4-2-1-3-5-12/h1-7,10,18H,8-9,11H2,(H,16,20). The molecule has 0 radical (unpaired) electrons. The molecule has 0 saturated carbocycles. The minimum absolute atomic E-state index is 0.151. The Morgan fingerprint density at radius 3 is 2.67 bits per heavy atom. The molecule has 0 fully saturated rings. The van der Waals surface area contributed by atoms with E-state index in [2.05, 4.69) is 5.32 Å². The van der Waals surface area contributed by atoms with Crippen molar-refractivity contribution in [3.8, 4) is 0 Å². The quantitative estimate of drug-likeness (QED) is 0.875. The number of aliphatic hydroxyl groups excluding tert-OH is 1. The van der Waals surface area contributed by atoms with E-state index in [0.29, 0.717) is 5.69 Å². The molecule has 0 aliphatic heterocycles. The largest absolute Gasteiger partial charge is 0.444 e. The van der Waals surface area contributed by atoms with Crippen LogP contribution in [0.4, 0.5) is 10.5 Å². The normalized spacial score (nSPS) is 10.1. The van der Waals surface area contributed by atoms with E-state index in [-0.39, 0.29) is 25.3 Å². The van der Waals surface area contributed by atoms with E-state index in [9.17, 15) is 9.59 Å². The Morgan fingerprint density at radius 2 is 1.95 bits per heavy atom. The third-order valence-corrected chi connectivity index (χ3v) is 2.78. The lowest BCUT2D eigenvalue weighted by molar-refractivity contribution is 0.155. The van der Waals surface area contributed by atoms with Gasteiger partial charge in [-0.25, -0.2) is 4.79 Å². The molecule has 1 heterocycles. The fourth-order valence-electron chi connectivity index (χ4n) is 1.76. The molecule has 1 aromatic carbocycles. The molecule has 0 unspecified atom stereocenters. The van der Waals surface area contributed by atoms with Crippen molar-refractivity contribution >= 4 is 11.8 Å². The number of carbonyl (C=O) groups excluding carboxylic acids is 1. The zero-order chi connectivity index (χ0) is 15.1. The highest BCUT2D eigenvalue weighted by molar-refractivity contribution is 5.84. The first-order chi connectivity index (χ1) is 10.2. The van der Waals surface area contributed by atoms with Crippen molar-refractivity contribution in [3.63, 3.8) is 0 Å². The van der Waals surface area contributed by atoms with Crippen LogP contribution in [0.25, 0.3) is 0 Å². The maximum atomic E-state index is 11.7. The van der Waals surface area contributed by atoms with Crippen LogP contribution in [-0.4, -0.2) is 22.4 Å². The van der Waals surface area contributed by atoms with Crippen molar-refractivity contribution in [2.24, 2.45) is 0 Å². The highest BCUT2D eigenvalue weighted by atomic mass is 16.5. The van der Waals surface area contributed by atoms with E-state index in [1.54, 1.807) is 0 Å². The number of rotatable bonds is 5. The summed E-state index contributed by atoms with van der Waals surface area (Å²) in [4.78, 5) is 23.1. The summed E-state index contributed by atoms with van der Waals surface area (Å²) < 4.78 is 6.39. The van der Waals surface area contributed by atoms with Crippen LogP contribution in [0.3, 0.4) is 0 Å². The monoisotopic (exact) mass is 288 g/mol. The Hall–Kier alpha value is -2.60. The summed E-state index contributed by atoms with van der Waals surface area (Å²) in [6.45, 7) is 0.193. The predicted molar refractivity (Wildman–Crippen MR) is 78.0 cm³/mol. The first kappa shape index (κ1) is 14.8. The van der Waals surface area contributed by atoms with Crippen LogP contribution >= 0.6 is 0 Å². The van der Waals surface area contributed by atoms with Gasteiger partial charge in [0, 0.05) is 18.8 Å². The number of aliphatic hydroxyl groups is 1. The smallest absolute Gasteiger partial charge is 0.412 e. The molecule has 0 atom stereocenters. The van der Waals surface area contributed by atoms with E-state index in [0.717, 1.165) is 5.56 Å². The molecular formula is C15H16N2O4. The topological polar surface area (TPSA) is 80.6 Å². The van der Waals surface area contributed by atoms with E-state index in [4.69, 9.17) is 9.84 Å². The molecule has 21 heavy (non-hydrogen) atoms. The van der Waals surface area contributed by atoms with E-state index in [1.165, 1.54) is 22.9 Å². The van der Waals surface area contributed by atoms with Crippen molar-refractivity contribution in [1.82, 2.24) is 4.57 Å². The number of hydrogen-bond acceptors (Lipinski definition) is 4. The summed E-state index contributed by atoms with van der Waals surface area (Å²) in [5.41, 5.74) is 1.08. The first-order valence-electron chi connectivity index (χ1n) is 6.48. The number of amides is 1. The van der Waals surface area contributed by atoms with E-state index >= 15 is 0 Å². The molecule has 110 valence electrons. The Bertz CT molecular complexity index is 652. The van der Waals surface area contributed by atoms with Crippen LogP contribution in [-0.2, 0) is 17.9 Å². The van der Waals surface area contributed by atoms with Crippen molar-refractivity contribution in [2.75, 3.05) is 11.9 Å². The fraction of sp³-hybridized carbons (Fsp3) is 0.200. The van der Waals surface area contributed by atoms with Crippen LogP contribution in [0.5, 0.6) is 0 Å². The zero-order valence-corrected chi connectivity index (χ0v) is 11.4. The van der Waals surface area contributed by atoms with Gasteiger partial charge in [-0.15, -0.1) is 0 Å². The maximum Gasteiger partial charge on any atom is 0.412 e. The molecule has 2 N–H and O–H groups in total. The van der Waals surface area contributed by atoms with Gasteiger partial charge in [-0.1, -0.05) is 30.3 Å². The molecule has 0 bridgehead atoms. The van der Waals surface area contributed by atoms with Gasteiger partial charge in [0.05, 0.1) is 12.3 Å². The third kappa shape index (κ3) is 4.47. The molecule has 0 aliphatic rings. The lowest BCUT2D eigenvalue weighted by Crippen LogP contribution is -2.22.